The lowest BCUT2D eigenvalue weighted by atomic mass is 9.68. The van der Waals surface area contributed by atoms with Gasteiger partial charge in [-0.15, -0.1) is 0 Å². The van der Waals surface area contributed by atoms with Crippen LogP contribution in [0.5, 0.6) is 0 Å². The highest BCUT2D eigenvalue weighted by atomic mass is 32.2. The Kier molecular flexibility index (Phi) is 4.95. The van der Waals surface area contributed by atoms with Gasteiger partial charge in [-0.3, -0.25) is 4.79 Å². The summed E-state index contributed by atoms with van der Waals surface area (Å²) < 4.78 is 36.8. The van der Waals surface area contributed by atoms with Gasteiger partial charge in [0.25, 0.3) is 0 Å². The highest BCUT2D eigenvalue weighted by molar-refractivity contribution is 7.91. The molecule has 0 bridgehead atoms. The number of rotatable bonds is 4. The Balaban J connectivity index is 1.75. The molecule has 1 aromatic carbocycles. The third kappa shape index (κ3) is 3.63. The van der Waals surface area contributed by atoms with Crippen molar-refractivity contribution in [2.24, 2.45) is 5.92 Å². The van der Waals surface area contributed by atoms with Gasteiger partial charge in [0.1, 0.15) is 5.82 Å². The second kappa shape index (κ2) is 6.82. The summed E-state index contributed by atoms with van der Waals surface area (Å²) in [4.78, 5) is 13.0. The van der Waals surface area contributed by atoms with Gasteiger partial charge in [-0.25, -0.2) is 12.8 Å². The Morgan fingerprint density at radius 1 is 1.25 bits per heavy atom. The SMILES string of the molecule is O=C(NCC1CCS(=O)(=O)C1)C1(c2cccc(F)c2)CCCCC1. The molecule has 4 nitrogen and oxygen atoms in total. The molecule has 2 aliphatic rings. The average molecular weight is 353 g/mol. The van der Waals surface area contributed by atoms with Crippen molar-refractivity contribution < 1.29 is 17.6 Å². The normalized spacial score (nSPS) is 25.3. The van der Waals surface area contributed by atoms with E-state index in [2.05, 4.69) is 5.32 Å². The summed E-state index contributed by atoms with van der Waals surface area (Å²) in [6.07, 6.45) is 5.01. The summed E-state index contributed by atoms with van der Waals surface area (Å²) in [7, 11) is -2.94. The molecule has 0 spiro atoms. The lowest BCUT2D eigenvalue weighted by Crippen LogP contribution is -2.47. The predicted molar refractivity (Wildman–Crippen MR) is 90.9 cm³/mol. The summed E-state index contributed by atoms with van der Waals surface area (Å²) in [5.74, 6) is -0.0562. The Bertz CT molecular complexity index is 711. The van der Waals surface area contributed by atoms with Crippen LogP contribution in [0.4, 0.5) is 4.39 Å². The third-order valence-corrected chi connectivity index (χ3v) is 7.23. The fourth-order valence-electron chi connectivity index (χ4n) is 4.03. The second-order valence-electron chi connectivity index (χ2n) is 7.13. The number of amides is 1. The molecule has 1 aromatic rings. The van der Waals surface area contributed by atoms with Gasteiger partial charge < -0.3 is 5.32 Å². The quantitative estimate of drug-likeness (QED) is 0.905. The van der Waals surface area contributed by atoms with Crippen LogP contribution in [-0.4, -0.2) is 32.4 Å². The first-order valence-electron chi connectivity index (χ1n) is 8.66. The molecule has 1 aliphatic heterocycles. The van der Waals surface area contributed by atoms with Crippen molar-refractivity contribution in [3.63, 3.8) is 0 Å². The number of hydrogen-bond donors (Lipinski definition) is 1. The van der Waals surface area contributed by atoms with Gasteiger partial charge >= 0.3 is 0 Å². The van der Waals surface area contributed by atoms with E-state index in [1.54, 1.807) is 6.07 Å². The average Bonchev–Trinajstić information content (AvgIpc) is 2.92. The van der Waals surface area contributed by atoms with Crippen molar-refractivity contribution in [3.05, 3.63) is 35.6 Å². The third-order valence-electron chi connectivity index (χ3n) is 5.40. The maximum Gasteiger partial charge on any atom is 0.230 e. The predicted octanol–water partition coefficient (Wildman–Crippen LogP) is 2.58. The Morgan fingerprint density at radius 3 is 2.62 bits per heavy atom. The van der Waals surface area contributed by atoms with E-state index in [0.717, 1.165) is 24.8 Å². The van der Waals surface area contributed by atoms with E-state index in [0.29, 0.717) is 25.8 Å². The number of nitrogens with one attached hydrogen (secondary N) is 1. The molecule has 1 aliphatic carbocycles. The molecule has 6 heteroatoms. The van der Waals surface area contributed by atoms with Gasteiger partial charge in [-0.05, 0) is 42.9 Å². The van der Waals surface area contributed by atoms with Crippen LogP contribution in [0.3, 0.4) is 0 Å². The summed E-state index contributed by atoms with van der Waals surface area (Å²) in [6.45, 7) is 0.384. The molecule has 2 fully saturated rings. The Morgan fingerprint density at radius 2 is 2.00 bits per heavy atom. The van der Waals surface area contributed by atoms with Gasteiger partial charge in [0, 0.05) is 6.54 Å². The fourth-order valence-corrected chi connectivity index (χ4v) is 5.89. The molecule has 132 valence electrons. The van der Waals surface area contributed by atoms with Crippen LogP contribution in [0.2, 0.25) is 0 Å². The molecule has 1 saturated heterocycles. The van der Waals surface area contributed by atoms with Gasteiger partial charge in [0.15, 0.2) is 9.84 Å². The topological polar surface area (TPSA) is 63.2 Å². The zero-order valence-electron chi connectivity index (χ0n) is 13.8. The van der Waals surface area contributed by atoms with E-state index < -0.39 is 15.3 Å². The number of hydrogen-bond acceptors (Lipinski definition) is 3. The minimum atomic E-state index is -2.94. The van der Waals surface area contributed by atoms with E-state index in [-0.39, 0.29) is 29.1 Å². The maximum absolute atomic E-state index is 13.7. The highest BCUT2D eigenvalue weighted by Gasteiger charge is 2.41. The lowest BCUT2D eigenvalue weighted by Gasteiger charge is -2.36. The first-order chi connectivity index (χ1) is 11.4. The van der Waals surface area contributed by atoms with Crippen molar-refractivity contribution in [1.82, 2.24) is 5.32 Å². The summed E-state index contributed by atoms with van der Waals surface area (Å²) >= 11 is 0. The van der Waals surface area contributed by atoms with Crippen LogP contribution in [0.15, 0.2) is 24.3 Å². The van der Waals surface area contributed by atoms with Crippen molar-refractivity contribution in [1.29, 1.82) is 0 Å². The molecule has 1 saturated carbocycles. The first kappa shape index (κ1) is 17.4. The maximum atomic E-state index is 13.7. The second-order valence-corrected chi connectivity index (χ2v) is 9.36. The van der Waals surface area contributed by atoms with E-state index in [1.165, 1.54) is 12.1 Å². The van der Waals surface area contributed by atoms with Gasteiger partial charge in [-0.2, -0.15) is 0 Å². The van der Waals surface area contributed by atoms with Crippen molar-refractivity contribution >= 4 is 15.7 Å². The standard InChI is InChI=1S/C18H24FNO3S/c19-16-6-4-5-15(11-16)18(8-2-1-3-9-18)17(21)20-12-14-7-10-24(22,23)13-14/h4-6,11,14H,1-3,7-10,12-13H2,(H,20,21). The Hall–Kier alpha value is -1.43. The summed E-state index contributed by atoms with van der Waals surface area (Å²) in [5.41, 5.74) is 0.0522. The molecule has 1 heterocycles. The minimum absolute atomic E-state index is 0.00731. The van der Waals surface area contributed by atoms with Gasteiger partial charge in [-0.1, -0.05) is 31.4 Å². The van der Waals surface area contributed by atoms with E-state index >= 15 is 0 Å². The zero-order valence-corrected chi connectivity index (χ0v) is 14.6. The molecule has 0 aromatic heterocycles. The number of benzene rings is 1. The molecule has 1 N–H and O–H groups in total. The van der Waals surface area contributed by atoms with Crippen molar-refractivity contribution in [3.8, 4) is 0 Å². The van der Waals surface area contributed by atoms with E-state index in [4.69, 9.17) is 0 Å². The van der Waals surface area contributed by atoms with Crippen LogP contribution >= 0.6 is 0 Å². The largest absolute Gasteiger partial charge is 0.355 e. The molecule has 3 rings (SSSR count). The monoisotopic (exact) mass is 353 g/mol. The number of sulfone groups is 1. The van der Waals surface area contributed by atoms with Crippen LogP contribution in [0.1, 0.15) is 44.1 Å². The smallest absolute Gasteiger partial charge is 0.230 e. The van der Waals surface area contributed by atoms with Crippen LogP contribution < -0.4 is 5.32 Å². The molecular weight excluding hydrogens is 329 g/mol. The van der Waals surface area contributed by atoms with Gasteiger partial charge in [0.2, 0.25) is 5.91 Å². The van der Waals surface area contributed by atoms with Crippen molar-refractivity contribution in [2.75, 3.05) is 18.1 Å². The van der Waals surface area contributed by atoms with E-state index in [9.17, 15) is 17.6 Å². The first-order valence-corrected chi connectivity index (χ1v) is 10.5. The summed E-state index contributed by atoms with van der Waals surface area (Å²) in [6, 6.07) is 6.33. The van der Waals surface area contributed by atoms with E-state index in [1.807, 2.05) is 6.07 Å². The number of carbonyl (C=O) groups excluding carboxylic acids is 1. The molecule has 0 radical (unpaired) electrons. The van der Waals surface area contributed by atoms with Gasteiger partial charge in [0.05, 0.1) is 16.9 Å². The molecule has 1 atom stereocenters. The molecule has 1 unspecified atom stereocenters. The van der Waals surface area contributed by atoms with Crippen LogP contribution in [0, 0.1) is 11.7 Å². The molecular formula is C18H24FNO3S. The Labute approximate surface area is 142 Å². The number of halogens is 1. The minimum Gasteiger partial charge on any atom is -0.355 e. The highest BCUT2D eigenvalue weighted by Crippen LogP contribution is 2.40. The number of carbonyl (C=O) groups is 1. The van der Waals surface area contributed by atoms with Crippen LogP contribution in [-0.2, 0) is 20.0 Å². The molecule has 24 heavy (non-hydrogen) atoms. The molecule has 1 amide bonds. The summed E-state index contributed by atoms with van der Waals surface area (Å²) in [5, 5.41) is 2.97. The van der Waals surface area contributed by atoms with Crippen LogP contribution in [0.25, 0.3) is 0 Å². The fraction of sp³-hybridized carbons (Fsp3) is 0.611. The van der Waals surface area contributed by atoms with Crippen molar-refractivity contribution in [2.45, 2.75) is 43.9 Å². The lowest BCUT2D eigenvalue weighted by molar-refractivity contribution is -0.128. The zero-order chi connectivity index (χ0) is 17.2.